The highest BCUT2D eigenvalue weighted by Crippen LogP contribution is 2.22. The van der Waals surface area contributed by atoms with Gasteiger partial charge in [-0.05, 0) is 25.6 Å². The molecule has 1 heterocycles. The molecule has 3 nitrogen and oxygen atoms in total. The van der Waals surface area contributed by atoms with Gasteiger partial charge in [-0.15, -0.1) is 11.3 Å². The molecule has 1 aromatic carbocycles. The number of hydrogen-bond acceptors (Lipinski definition) is 4. The summed E-state index contributed by atoms with van der Waals surface area (Å²) in [7, 11) is 3.71. The van der Waals surface area contributed by atoms with Crippen LogP contribution in [-0.4, -0.2) is 31.8 Å². The van der Waals surface area contributed by atoms with Gasteiger partial charge in [-0.25, -0.2) is 4.98 Å². The van der Waals surface area contributed by atoms with Gasteiger partial charge in [0, 0.05) is 19.6 Å². The number of nitrogens with zero attached hydrogens (tertiary/aromatic N) is 1. The highest BCUT2D eigenvalue weighted by atomic mass is 32.1. The second kappa shape index (κ2) is 6.10. The minimum Gasteiger partial charge on any atom is -0.383 e. The Kier molecular flexibility index (Phi) is 4.48. The van der Waals surface area contributed by atoms with Crippen LogP contribution < -0.4 is 5.32 Å². The molecule has 1 atom stereocenters. The quantitative estimate of drug-likeness (QED) is 0.855. The summed E-state index contributed by atoms with van der Waals surface area (Å²) >= 11 is 1.79. The number of nitrogens with one attached hydrogen (secondary N) is 1. The van der Waals surface area contributed by atoms with Crippen molar-refractivity contribution in [2.45, 2.75) is 18.9 Å². The summed E-state index contributed by atoms with van der Waals surface area (Å²) in [5.41, 5.74) is 1.11. The van der Waals surface area contributed by atoms with Gasteiger partial charge >= 0.3 is 0 Å². The first-order chi connectivity index (χ1) is 8.33. The standard InChI is InChI=1S/C13H18N2OS/c1-14-10(9-16-2)7-8-13-15-11-5-3-4-6-12(11)17-13/h3-6,10,14H,7-9H2,1-2H3. The van der Waals surface area contributed by atoms with Crippen LogP contribution in [0.2, 0.25) is 0 Å². The molecule has 0 fully saturated rings. The van der Waals surface area contributed by atoms with Gasteiger partial charge in [0.15, 0.2) is 0 Å². The first-order valence-electron chi connectivity index (χ1n) is 5.84. The lowest BCUT2D eigenvalue weighted by Crippen LogP contribution is -2.30. The van der Waals surface area contributed by atoms with Crippen LogP contribution in [0.15, 0.2) is 24.3 Å². The number of hydrogen-bond donors (Lipinski definition) is 1. The molecule has 2 rings (SSSR count). The lowest BCUT2D eigenvalue weighted by molar-refractivity contribution is 0.166. The normalized spacial score (nSPS) is 13.1. The maximum atomic E-state index is 5.16. The second-order valence-corrected chi connectivity index (χ2v) is 5.17. The van der Waals surface area contributed by atoms with Gasteiger partial charge in [0.05, 0.1) is 21.8 Å². The first kappa shape index (κ1) is 12.5. The summed E-state index contributed by atoms with van der Waals surface area (Å²) in [5.74, 6) is 0. The zero-order valence-electron chi connectivity index (χ0n) is 10.3. The molecule has 2 aromatic rings. The van der Waals surface area contributed by atoms with E-state index in [0.29, 0.717) is 6.04 Å². The van der Waals surface area contributed by atoms with Gasteiger partial charge in [-0.1, -0.05) is 12.1 Å². The SMILES string of the molecule is CNC(CCc1nc2ccccc2s1)COC. The van der Waals surface area contributed by atoms with Gasteiger partial charge in [0.25, 0.3) is 0 Å². The Morgan fingerprint density at radius 3 is 2.94 bits per heavy atom. The molecule has 1 N–H and O–H groups in total. The van der Waals surface area contributed by atoms with Crippen LogP contribution in [-0.2, 0) is 11.2 Å². The molecule has 0 saturated heterocycles. The Bertz CT molecular complexity index is 436. The van der Waals surface area contributed by atoms with Crippen molar-refractivity contribution in [1.82, 2.24) is 10.3 Å². The van der Waals surface area contributed by atoms with Crippen LogP contribution in [0.4, 0.5) is 0 Å². The summed E-state index contributed by atoms with van der Waals surface area (Å²) in [6.45, 7) is 0.751. The molecule has 0 spiro atoms. The van der Waals surface area contributed by atoms with Crippen molar-refractivity contribution >= 4 is 21.6 Å². The van der Waals surface area contributed by atoms with Crippen molar-refractivity contribution in [1.29, 1.82) is 0 Å². The highest BCUT2D eigenvalue weighted by Gasteiger charge is 2.08. The third-order valence-electron chi connectivity index (χ3n) is 2.82. The predicted octanol–water partition coefficient (Wildman–Crippen LogP) is 2.46. The molecule has 0 aliphatic carbocycles. The third kappa shape index (κ3) is 3.25. The van der Waals surface area contributed by atoms with Gasteiger partial charge < -0.3 is 10.1 Å². The molecular weight excluding hydrogens is 232 g/mol. The molecule has 0 bridgehead atoms. The number of fused-ring (bicyclic) bond motifs is 1. The van der Waals surface area contributed by atoms with Crippen LogP contribution in [0, 0.1) is 0 Å². The number of thiazole rings is 1. The molecule has 1 unspecified atom stereocenters. The largest absolute Gasteiger partial charge is 0.383 e. The monoisotopic (exact) mass is 250 g/mol. The average molecular weight is 250 g/mol. The second-order valence-electron chi connectivity index (χ2n) is 4.05. The van der Waals surface area contributed by atoms with Crippen molar-refractivity contribution in [3.63, 3.8) is 0 Å². The Morgan fingerprint density at radius 2 is 2.24 bits per heavy atom. The molecule has 0 saturated carbocycles. The summed E-state index contributed by atoms with van der Waals surface area (Å²) in [6, 6.07) is 8.70. The smallest absolute Gasteiger partial charge is 0.0939 e. The number of rotatable bonds is 6. The molecule has 92 valence electrons. The van der Waals surface area contributed by atoms with E-state index in [2.05, 4.69) is 28.5 Å². The van der Waals surface area contributed by atoms with Gasteiger partial charge in [0.2, 0.25) is 0 Å². The molecule has 0 amide bonds. The lowest BCUT2D eigenvalue weighted by atomic mass is 10.2. The van der Waals surface area contributed by atoms with Crippen molar-refractivity contribution in [3.8, 4) is 0 Å². The Balaban J connectivity index is 1.98. The summed E-state index contributed by atoms with van der Waals surface area (Å²) < 4.78 is 6.44. The van der Waals surface area contributed by atoms with E-state index in [0.717, 1.165) is 25.0 Å². The number of methoxy groups -OCH3 is 1. The fourth-order valence-electron chi connectivity index (χ4n) is 1.84. The minimum atomic E-state index is 0.409. The van der Waals surface area contributed by atoms with Crippen molar-refractivity contribution < 1.29 is 4.74 Å². The van der Waals surface area contributed by atoms with E-state index in [9.17, 15) is 0 Å². The highest BCUT2D eigenvalue weighted by molar-refractivity contribution is 7.18. The summed E-state index contributed by atoms with van der Waals surface area (Å²) in [5, 5.41) is 4.47. The molecule has 0 radical (unpaired) electrons. The van der Waals surface area contributed by atoms with Gasteiger partial charge in [-0.3, -0.25) is 0 Å². The van der Waals surface area contributed by atoms with E-state index in [-0.39, 0.29) is 0 Å². The molecular formula is C13H18N2OS. The third-order valence-corrected chi connectivity index (χ3v) is 3.92. The number of aromatic nitrogens is 1. The van der Waals surface area contributed by atoms with Crippen LogP contribution >= 0.6 is 11.3 Å². The number of para-hydroxylation sites is 1. The average Bonchev–Trinajstić information content (AvgIpc) is 2.77. The maximum absolute atomic E-state index is 5.16. The lowest BCUT2D eigenvalue weighted by Gasteiger charge is -2.13. The van der Waals surface area contributed by atoms with Crippen molar-refractivity contribution in [2.24, 2.45) is 0 Å². The topological polar surface area (TPSA) is 34.2 Å². The minimum absolute atomic E-state index is 0.409. The molecule has 4 heteroatoms. The summed E-state index contributed by atoms with van der Waals surface area (Å²) in [6.07, 6.45) is 2.07. The fourth-order valence-corrected chi connectivity index (χ4v) is 2.82. The van der Waals surface area contributed by atoms with E-state index >= 15 is 0 Å². The van der Waals surface area contributed by atoms with E-state index in [1.807, 2.05) is 13.1 Å². The van der Waals surface area contributed by atoms with Crippen LogP contribution in [0.5, 0.6) is 0 Å². The van der Waals surface area contributed by atoms with Crippen LogP contribution in [0.3, 0.4) is 0 Å². The molecule has 1 aromatic heterocycles. The number of aryl methyl sites for hydroxylation is 1. The predicted molar refractivity (Wildman–Crippen MR) is 72.7 cm³/mol. The van der Waals surface area contributed by atoms with Crippen LogP contribution in [0.25, 0.3) is 10.2 Å². The Labute approximate surface area is 106 Å². The number of likely N-dealkylation sites (N-methyl/N-ethyl adjacent to an activating group) is 1. The number of ether oxygens (including phenoxy) is 1. The van der Waals surface area contributed by atoms with E-state index in [4.69, 9.17) is 4.74 Å². The zero-order valence-corrected chi connectivity index (χ0v) is 11.1. The Hall–Kier alpha value is -0.970. The van der Waals surface area contributed by atoms with E-state index < -0.39 is 0 Å². The van der Waals surface area contributed by atoms with E-state index in [1.54, 1.807) is 18.4 Å². The van der Waals surface area contributed by atoms with Gasteiger partial charge in [-0.2, -0.15) is 0 Å². The maximum Gasteiger partial charge on any atom is 0.0939 e. The molecule has 0 aliphatic rings. The fraction of sp³-hybridized carbons (Fsp3) is 0.462. The van der Waals surface area contributed by atoms with Crippen molar-refractivity contribution in [2.75, 3.05) is 20.8 Å². The van der Waals surface area contributed by atoms with Crippen molar-refractivity contribution in [3.05, 3.63) is 29.3 Å². The first-order valence-corrected chi connectivity index (χ1v) is 6.65. The zero-order chi connectivity index (χ0) is 12.1. The van der Waals surface area contributed by atoms with Crippen LogP contribution in [0.1, 0.15) is 11.4 Å². The van der Waals surface area contributed by atoms with E-state index in [1.165, 1.54) is 9.71 Å². The van der Waals surface area contributed by atoms with Gasteiger partial charge in [0.1, 0.15) is 0 Å². The summed E-state index contributed by atoms with van der Waals surface area (Å²) in [4.78, 5) is 4.63. The molecule has 0 aliphatic heterocycles. The molecule has 17 heavy (non-hydrogen) atoms. The Morgan fingerprint density at radius 1 is 1.41 bits per heavy atom. The number of benzene rings is 1.